The second kappa shape index (κ2) is 3.61. The molecule has 0 bridgehead atoms. The predicted molar refractivity (Wildman–Crippen MR) is 60.5 cm³/mol. The van der Waals surface area contributed by atoms with Crippen molar-refractivity contribution in [3.05, 3.63) is 42.2 Å². The predicted octanol–water partition coefficient (Wildman–Crippen LogP) is 2.34. The van der Waals surface area contributed by atoms with Gasteiger partial charge in [-0.25, -0.2) is 0 Å². The Balaban J connectivity index is 2.50. The highest BCUT2D eigenvalue weighted by Crippen LogP contribution is 2.27. The van der Waals surface area contributed by atoms with Gasteiger partial charge in [0.05, 0.1) is 5.69 Å². The first-order chi connectivity index (χ1) is 7.16. The Morgan fingerprint density at radius 1 is 1.13 bits per heavy atom. The summed E-state index contributed by atoms with van der Waals surface area (Å²) in [5.41, 5.74) is 8.90. The Hall–Kier alpha value is -2.03. The number of hydrogen-bond donors (Lipinski definition) is 2. The molecule has 0 aliphatic carbocycles. The number of aromatic hydroxyl groups is 1. The molecule has 0 radical (unpaired) electrons. The van der Waals surface area contributed by atoms with Gasteiger partial charge in [-0.15, -0.1) is 0 Å². The lowest BCUT2D eigenvalue weighted by Gasteiger charge is -2.04. The molecule has 3 heteroatoms. The first-order valence-corrected chi connectivity index (χ1v) is 4.67. The summed E-state index contributed by atoms with van der Waals surface area (Å²) in [4.78, 5) is 4.10. The molecule has 2 rings (SSSR count). The van der Waals surface area contributed by atoms with Crippen LogP contribution in [0.4, 0.5) is 5.69 Å². The summed E-state index contributed by atoms with van der Waals surface area (Å²) >= 11 is 0. The summed E-state index contributed by atoms with van der Waals surface area (Å²) in [6, 6.07) is 7.21. The second-order valence-corrected chi connectivity index (χ2v) is 3.52. The van der Waals surface area contributed by atoms with Crippen LogP contribution in [0.1, 0.15) is 5.56 Å². The van der Waals surface area contributed by atoms with Gasteiger partial charge in [0.25, 0.3) is 0 Å². The van der Waals surface area contributed by atoms with Crippen LogP contribution in [0.2, 0.25) is 0 Å². The molecule has 3 nitrogen and oxygen atoms in total. The van der Waals surface area contributed by atoms with Crippen molar-refractivity contribution in [2.45, 2.75) is 6.92 Å². The number of phenolic OH excluding ortho intramolecular Hbond substituents is 1. The number of aromatic nitrogens is 1. The molecule has 0 fully saturated rings. The minimum Gasteiger partial charge on any atom is -0.506 e. The van der Waals surface area contributed by atoms with E-state index in [0.29, 0.717) is 5.69 Å². The lowest BCUT2D eigenvalue weighted by molar-refractivity contribution is 0.478. The summed E-state index contributed by atoms with van der Waals surface area (Å²) in [6.45, 7) is 1.98. The number of hydrogen-bond acceptors (Lipinski definition) is 3. The molecule has 1 aromatic heterocycles. The second-order valence-electron chi connectivity index (χ2n) is 3.52. The van der Waals surface area contributed by atoms with Crippen molar-refractivity contribution in [2.75, 3.05) is 5.73 Å². The molecule has 0 amide bonds. The van der Waals surface area contributed by atoms with Crippen LogP contribution >= 0.6 is 0 Å². The van der Waals surface area contributed by atoms with Crippen LogP contribution in [-0.2, 0) is 0 Å². The van der Waals surface area contributed by atoms with Crippen LogP contribution in [0.15, 0.2) is 36.7 Å². The Kier molecular flexibility index (Phi) is 2.29. The maximum atomic E-state index is 9.49. The number of nitrogens with zero attached hydrogens (tertiary/aromatic N) is 1. The van der Waals surface area contributed by atoms with Crippen LogP contribution in [0.25, 0.3) is 11.1 Å². The lowest BCUT2D eigenvalue weighted by Crippen LogP contribution is -1.87. The van der Waals surface area contributed by atoms with Gasteiger partial charge in [0.15, 0.2) is 0 Å². The number of anilines is 1. The minimum absolute atomic E-state index is 0.106. The summed E-state index contributed by atoms with van der Waals surface area (Å²) < 4.78 is 0. The van der Waals surface area contributed by atoms with E-state index < -0.39 is 0 Å². The average Bonchev–Trinajstić information content (AvgIpc) is 2.22. The van der Waals surface area contributed by atoms with E-state index in [9.17, 15) is 5.11 Å². The van der Waals surface area contributed by atoms with Crippen molar-refractivity contribution in [1.29, 1.82) is 0 Å². The Bertz CT molecular complexity index is 495. The number of nitrogens with two attached hydrogens (primary N) is 1. The van der Waals surface area contributed by atoms with Gasteiger partial charge in [0.2, 0.25) is 0 Å². The highest BCUT2D eigenvalue weighted by atomic mass is 16.3. The molecular formula is C12H12N2O. The molecule has 1 heterocycles. The topological polar surface area (TPSA) is 59.1 Å². The summed E-state index contributed by atoms with van der Waals surface area (Å²) in [6.07, 6.45) is 3.55. The number of nitrogen functional groups attached to an aromatic ring is 1. The van der Waals surface area contributed by atoms with E-state index in [2.05, 4.69) is 4.98 Å². The van der Waals surface area contributed by atoms with Gasteiger partial charge in [-0.2, -0.15) is 0 Å². The molecule has 0 aliphatic rings. The first-order valence-electron chi connectivity index (χ1n) is 4.67. The SMILES string of the molecule is Cc1cncc(-c2ccc(N)c(O)c2)c1. The Labute approximate surface area is 88.2 Å². The molecule has 0 saturated carbocycles. The molecule has 0 atom stereocenters. The smallest absolute Gasteiger partial charge is 0.139 e. The third-order valence-corrected chi connectivity index (χ3v) is 2.24. The van der Waals surface area contributed by atoms with E-state index >= 15 is 0 Å². The van der Waals surface area contributed by atoms with Crippen molar-refractivity contribution in [1.82, 2.24) is 4.98 Å². The third-order valence-electron chi connectivity index (χ3n) is 2.24. The normalized spacial score (nSPS) is 10.2. The van der Waals surface area contributed by atoms with Crippen molar-refractivity contribution < 1.29 is 5.11 Å². The third kappa shape index (κ3) is 1.91. The highest BCUT2D eigenvalue weighted by molar-refractivity contribution is 5.69. The van der Waals surface area contributed by atoms with Crippen molar-refractivity contribution in [2.24, 2.45) is 0 Å². The van der Waals surface area contributed by atoms with Gasteiger partial charge in [0.1, 0.15) is 5.75 Å². The summed E-state index contributed by atoms with van der Waals surface area (Å²) in [5.74, 6) is 0.106. The summed E-state index contributed by atoms with van der Waals surface area (Å²) in [5, 5.41) is 9.49. The van der Waals surface area contributed by atoms with Crippen LogP contribution in [0.5, 0.6) is 5.75 Å². The van der Waals surface area contributed by atoms with Gasteiger partial charge < -0.3 is 10.8 Å². The molecule has 1 aromatic carbocycles. The fraction of sp³-hybridized carbons (Fsp3) is 0.0833. The van der Waals surface area contributed by atoms with Crippen LogP contribution in [0, 0.1) is 6.92 Å². The van der Waals surface area contributed by atoms with E-state index in [-0.39, 0.29) is 5.75 Å². The molecule has 15 heavy (non-hydrogen) atoms. The molecule has 0 saturated heterocycles. The maximum Gasteiger partial charge on any atom is 0.139 e. The number of rotatable bonds is 1. The van der Waals surface area contributed by atoms with Crippen LogP contribution in [0.3, 0.4) is 0 Å². The fourth-order valence-electron chi connectivity index (χ4n) is 1.44. The van der Waals surface area contributed by atoms with E-state index in [1.165, 1.54) is 0 Å². The van der Waals surface area contributed by atoms with E-state index in [1.54, 1.807) is 24.5 Å². The fourth-order valence-corrected chi connectivity index (χ4v) is 1.44. The van der Waals surface area contributed by atoms with Crippen molar-refractivity contribution in [3.63, 3.8) is 0 Å². The van der Waals surface area contributed by atoms with Gasteiger partial charge in [0, 0.05) is 18.0 Å². The first kappa shape index (κ1) is 9.52. The maximum absolute atomic E-state index is 9.49. The van der Waals surface area contributed by atoms with Gasteiger partial charge in [-0.3, -0.25) is 4.98 Å². The van der Waals surface area contributed by atoms with E-state index in [1.807, 2.05) is 19.1 Å². The number of aryl methyl sites for hydroxylation is 1. The van der Waals surface area contributed by atoms with Gasteiger partial charge in [-0.1, -0.05) is 6.07 Å². The monoisotopic (exact) mass is 200 g/mol. The average molecular weight is 200 g/mol. The van der Waals surface area contributed by atoms with E-state index in [4.69, 9.17) is 5.73 Å². The number of pyridine rings is 1. The molecule has 0 unspecified atom stereocenters. The Morgan fingerprint density at radius 3 is 2.60 bits per heavy atom. The number of benzene rings is 1. The summed E-state index contributed by atoms with van der Waals surface area (Å²) in [7, 11) is 0. The molecule has 76 valence electrons. The number of phenols is 1. The zero-order valence-corrected chi connectivity index (χ0v) is 8.44. The van der Waals surface area contributed by atoms with Crippen molar-refractivity contribution in [3.8, 4) is 16.9 Å². The molecule has 2 aromatic rings. The zero-order chi connectivity index (χ0) is 10.8. The standard InChI is InChI=1S/C12H12N2O/c1-8-4-10(7-14-6-8)9-2-3-11(13)12(15)5-9/h2-7,15H,13H2,1H3. The molecular weight excluding hydrogens is 188 g/mol. The van der Waals surface area contributed by atoms with Crippen LogP contribution < -0.4 is 5.73 Å². The molecule has 0 spiro atoms. The van der Waals surface area contributed by atoms with E-state index in [0.717, 1.165) is 16.7 Å². The highest BCUT2D eigenvalue weighted by Gasteiger charge is 2.02. The molecule has 3 N–H and O–H groups in total. The van der Waals surface area contributed by atoms with Crippen molar-refractivity contribution >= 4 is 5.69 Å². The lowest BCUT2D eigenvalue weighted by atomic mass is 10.1. The largest absolute Gasteiger partial charge is 0.506 e. The molecule has 0 aliphatic heterocycles. The zero-order valence-electron chi connectivity index (χ0n) is 8.44. The van der Waals surface area contributed by atoms with Gasteiger partial charge >= 0.3 is 0 Å². The quantitative estimate of drug-likeness (QED) is 0.548. The minimum atomic E-state index is 0.106. The Morgan fingerprint density at radius 2 is 1.93 bits per heavy atom. The van der Waals surface area contributed by atoms with Gasteiger partial charge in [-0.05, 0) is 36.2 Å². The van der Waals surface area contributed by atoms with Crippen LogP contribution in [-0.4, -0.2) is 10.1 Å².